The molecular formula is C16H23N3O. The molecule has 0 unspecified atom stereocenters. The van der Waals surface area contributed by atoms with E-state index in [1.807, 2.05) is 0 Å². The van der Waals surface area contributed by atoms with Crippen LogP contribution in [-0.2, 0) is 11.3 Å². The molecule has 108 valence electrons. The summed E-state index contributed by atoms with van der Waals surface area (Å²) >= 11 is 0. The summed E-state index contributed by atoms with van der Waals surface area (Å²) in [4.78, 5) is 17.1. The first-order valence-corrected chi connectivity index (χ1v) is 7.47. The summed E-state index contributed by atoms with van der Waals surface area (Å²) in [6.07, 6.45) is 0.972. The van der Waals surface area contributed by atoms with Gasteiger partial charge in [0.1, 0.15) is 0 Å². The van der Waals surface area contributed by atoms with Gasteiger partial charge in [-0.3, -0.25) is 4.79 Å². The predicted molar refractivity (Wildman–Crippen MR) is 80.7 cm³/mol. The second-order valence-corrected chi connectivity index (χ2v) is 6.01. The average Bonchev–Trinajstić information content (AvgIpc) is 2.94. The Hall–Kier alpha value is -1.55. The summed E-state index contributed by atoms with van der Waals surface area (Å²) in [5.41, 5.74) is 2.50. The maximum absolute atomic E-state index is 12.7. The van der Waals surface area contributed by atoms with E-state index < -0.39 is 0 Å². The first-order chi connectivity index (χ1) is 9.66. The van der Waals surface area contributed by atoms with E-state index in [0.29, 0.717) is 5.91 Å². The number of carbonyl (C=O) groups excluding carboxylic acids is 1. The number of likely N-dealkylation sites (N-methyl/N-ethyl adjacent to an activating group) is 1. The van der Waals surface area contributed by atoms with E-state index in [2.05, 4.69) is 53.4 Å². The summed E-state index contributed by atoms with van der Waals surface area (Å²) < 4.78 is 0. The normalized spacial score (nSPS) is 26.3. The number of amides is 1. The van der Waals surface area contributed by atoms with E-state index in [1.54, 1.807) is 0 Å². The number of nitrogens with one attached hydrogen (secondary N) is 1. The van der Waals surface area contributed by atoms with Gasteiger partial charge >= 0.3 is 0 Å². The summed E-state index contributed by atoms with van der Waals surface area (Å²) in [5, 5.41) is 3.29. The van der Waals surface area contributed by atoms with Crippen molar-refractivity contribution < 1.29 is 4.79 Å². The number of nitrogens with zero attached hydrogens (tertiary/aromatic N) is 2. The minimum absolute atomic E-state index is 0.160. The first-order valence-electron chi connectivity index (χ1n) is 7.47. The van der Waals surface area contributed by atoms with Crippen LogP contribution in [-0.4, -0.2) is 43.5 Å². The van der Waals surface area contributed by atoms with Crippen molar-refractivity contribution in [1.82, 2.24) is 10.2 Å². The lowest BCUT2D eigenvalue weighted by Gasteiger charge is -2.30. The zero-order valence-corrected chi connectivity index (χ0v) is 12.3. The van der Waals surface area contributed by atoms with Gasteiger partial charge < -0.3 is 15.1 Å². The highest BCUT2D eigenvalue weighted by molar-refractivity contribution is 5.80. The van der Waals surface area contributed by atoms with Crippen LogP contribution >= 0.6 is 0 Å². The molecule has 2 aliphatic heterocycles. The zero-order valence-electron chi connectivity index (χ0n) is 12.3. The molecule has 3 rings (SSSR count). The summed E-state index contributed by atoms with van der Waals surface area (Å²) in [7, 11) is 2.11. The lowest BCUT2D eigenvalue weighted by molar-refractivity contribution is -0.137. The fourth-order valence-electron chi connectivity index (χ4n) is 3.34. The maximum atomic E-state index is 12.7. The number of carbonyl (C=O) groups is 1. The van der Waals surface area contributed by atoms with Crippen molar-refractivity contribution in [2.24, 2.45) is 5.92 Å². The highest BCUT2D eigenvalue weighted by Gasteiger charge is 2.32. The second-order valence-electron chi connectivity index (χ2n) is 6.01. The van der Waals surface area contributed by atoms with Crippen molar-refractivity contribution in [2.45, 2.75) is 25.9 Å². The number of fused-ring (bicyclic) bond motifs is 1. The highest BCUT2D eigenvalue weighted by atomic mass is 16.2. The Morgan fingerprint density at radius 1 is 1.35 bits per heavy atom. The Kier molecular flexibility index (Phi) is 3.66. The van der Waals surface area contributed by atoms with E-state index in [0.717, 1.165) is 32.6 Å². The minimum Gasteiger partial charge on any atom is -0.372 e. The van der Waals surface area contributed by atoms with E-state index in [-0.39, 0.29) is 12.0 Å². The number of anilines is 1. The van der Waals surface area contributed by atoms with Crippen molar-refractivity contribution in [1.29, 1.82) is 0 Å². The molecule has 1 aromatic carbocycles. The largest absolute Gasteiger partial charge is 0.372 e. The van der Waals surface area contributed by atoms with E-state index in [4.69, 9.17) is 0 Å². The SMILES string of the molecule is C[C@@H]1CN(C)c2ccccc2CN1C(=O)[C@H]1CCNC1. The Balaban J connectivity index is 1.86. The Morgan fingerprint density at radius 3 is 2.90 bits per heavy atom. The van der Waals surface area contributed by atoms with Gasteiger partial charge in [-0.05, 0) is 31.5 Å². The number of para-hydroxylation sites is 1. The van der Waals surface area contributed by atoms with E-state index in [1.165, 1.54) is 11.3 Å². The smallest absolute Gasteiger partial charge is 0.227 e. The van der Waals surface area contributed by atoms with Crippen LogP contribution in [0.5, 0.6) is 0 Å². The molecule has 1 aromatic rings. The van der Waals surface area contributed by atoms with Crippen LogP contribution < -0.4 is 10.2 Å². The van der Waals surface area contributed by atoms with Crippen LogP contribution in [0.3, 0.4) is 0 Å². The average molecular weight is 273 g/mol. The van der Waals surface area contributed by atoms with Gasteiger partial charge in [-0.1, -0.05) is 18.2 Å². The molecule has 0 spiro atoms. The van der Waals surface area contributed by atoms with Gasteiger partial charge in [-0.15, -0.1) is 0 Å². The molecule has 2 heterocycles. The summed E-state index contributed by atoms with van der Waals surface area (Å²) in [6, 6.07) is 8.66. The summed E-state index contributed by atoms with van der Waals surface area (Å²) in [5.74, 6) is 0.473. The van der Waals surface area contributed by atoms with Crippen LogP contribution in [0.2, 0.25) is 0 Å². The van der Waals surface area contributed by atoms with Crippen molar-refractivity contribution in [3.8, 4) is 0 Å². The molecule has 4 nitrogen and oxygen atoms in total. The molecule has 0 saturated carbocycles. The number of rotatable bonds is 1. The molecule has 0 radical (unpaired) electrons. The predicted octanol–water partition coefficient (Wildman–Crippen LogP) is 1.46. The topological polar surface area (TPSA) is 35.6 Å². The molecule has 2 aliphatic rings. The van der Waals surface area contributed by atoms with Crippen LogP contribution in [0.15, 0.2) is 24.3 Å². The van der Waals surface area contributed by atoms with Crippen molar-refractivity contribution in [2.75, 3.05) is 31.6 Å². The van der Waals surface area contributed by atoms with Gasteiger partial charge in [0.25, 0.3) is 0 Å². The fourth-order valence-corrected chi connectivity index (χ4v) is 3.34. The first kappa shape index (κ1) is 13.4. The number of benzene rings is 1. The molecule has 0 aromatic heterocycles. The third-order valence-corrected chi connectivity index (χ3v) is 4.51. The molecule has 0 aliphatic carbocycles. The van der Waals surface area contributed by atoms with E-state index in [9.17, 15) is 4.79 Å². The molecule has 1 amide bonds. The molecule has 1 saturated heterocycles. The standard InChI is InChI=1S/C16H23N3O/c1-12-10-18(2)15-6-4-3-5-14(15)11-19(12)16(20)13-7-8-17-9-13/h3-6,12-13,17H,7-11H2,1-2H3/t12-,13+/m1/s1. The van der Waals surface area contributed by atoms with Crippen molar-refractivity contribution >= 4 is 11.6 Å². The van der Waals surface area contributed by atoms with Crippen LogP contribution in [0.25, 0.3) is 0 Å². The van der Waals surface area contributed by atoms with Crippen LogP contribution in [0, 0.1) is 5.92 Å². The fraction of sp³-hybridized carbons (Fsp3) is 0.562. The number of hydrogen-bond donors (Lipinski definition) is 1. The zero-order chi connectivity index (χ0) is 14.1. The van der Waals surface area contributed by atoms with E-state index >= 15 is 0 Å². The highest BCUT2D eigenvalue weighted by Crippen LogP contribution is 2.27. The van der Waals surface area contributed by atoms with Gasteiger partial charge in [0.05, 0.1) is 5.92 Å². The Morgan fingerprint density at radius 2 is 2.15 bits per heavy atom. The van der Waals surface area contributed by atoms with Gasteiger partial charge in [0.15, 0.2) is 0 Å². The quantitative estimate of drug-likeness (QED) is 0.841. The third-order valence-electron chi connectivity index (χ3n) is 4.51. The monoisotopic (exact) mass is 273 g/mol. The lowest BCUT2D eigenvalue weighted by atomic mass is 10.1. The molecule has 1 N–H and O–H groups in total. The van der Waals surface area contributed by atoms with Crippen molar-refractivity contribution in [3.63, 3.8) is 0 Å². The third kappa shape index (κ3) is 2.40. The number of hydrogen-bond acceptors (Lipinski definition) is 3. The van der Waals surface area contributed by atoms with Gasteiger partial charge in [0.2, 0.25) is 5.91 Å². The van der Waals surface area contributed by atoms with Crippen LogP contribution in [0.1, 0.15) is 18.9 Å². The minimum atomic E-state index is 0.160. The van der Waals surface area contributed by atoms with Gasteiger partial charge in [-0.25, -0.2) is 0 Å². The Labute approximate surface area is 120 Å². The molecule has 20 heavy (non-hydrogen) atoms. The Bertz CT molecular complexity index is 496. The second kappa shape index (κ2) is 5.44. The molecule has 2 atom stereocenters. The molecular weight excluding hydrogens is 250 g/mol. The van der Waals surface area contributed by atoms with Gasteiger partial charge in [-0.2, -0.15) is 0 Å². The van der Waals surface area contributed by atoms with Gasteiger partial charge in [0, 0.05) is 38.4 Å². The molecule has 0 bridgehead atoms. The van der Waals surface area contributed by atoms with Crippen LogP contribution in [0.4, 0.5) is 5.69 Å². The molecule has 1 fully saturated rings. The lowest BCUT2D eigenvalue weighted by Crippen LogP contribution is -2.45. The molecule has 4 heteroatoms. The maximum Gasteiger partial charge on any atom is 0.227 e. The van der Waals surface area contributed by atoms with Crippen molar-refractivity contribution in [3.05, 3.63) is 29.8 Å². The summed E-state index contributed by atoms with van der Waals surface area (Å²) in [6.45, 7) is 5.58.